The molecular formula is C10H11IN+. The average molecular weight is 272 g/mol. The van der Waals surface area contributed by atoms with E-state index in [-0.39, 0.29) is 0 Å². The first-order valence-corrected chi connectivity index (χ1v) is 4.92. The molecule has 0 spiro atoms. The number of rotatable bonds is 2. The maximum absolute atomic E-state index is 3.78. The number of nitrogens with zero attached hydrogens (tertiary/aromatic N) is 1. The second kappa shape index (κ2) is 4.40. The Kier molecular flexibility index (Phi) is 3.47. The van der Waals surface area contributed by atoms with E-state index in [1.165, 1.54) is 5.56 Å². The van der Waals surface area contributed by atoms with Gasteiger partial charge < -0.3 is 0 Å². The smallest absolute Gasteiger partial charge is 0.201 e. The number of halogens is 1. The monoisotopic (exact) mass is 272 g/mol. The SMILES string of the molecule is C=Cc1c(C=CI)ccc[n+]1C. The van der Waals surface area contributed by atoms with Gasteiger partial charge in [0.15, 0.2) is 6.20 Å². The molecule has 1 heterocycles. The second-order valence-corrected chi connectivity index (χ2v) is 3.18. The number of aromatic nitrogens is 1. The van der Waals surface area contributed by atoms with Crippen molar-refractivity contribution >= 4 is 34.7 Å². The van der Waals surface area contributed by atoms with E-state index in [0.717, 1.165) is 5.69 Å². The molecule has 0 saturated carbocycles. The molecule has 12 heavy (non-hydrogen) atoms. The van der Waals surface area contributed by atoms with Crippen LogP contribution in [0.3, 0.4) is 0 Å². The Morgan fingerprint density at radius 3 is 2.92 bits per heavy atom. The summed E-state index contributed by atoms with van der Waals surface area (Å²) >= 11 is 2.21. The van der Waals surface area contributed by atoms with Crippen molar-refractivity contribution in [2.24, 2.45) is 7.05 Å². The van der Waals surface area contributed by atoms with Crippen molar-refractivity contribution in [2.45, 2.75) is 0 Å². The first kappa shape index (κ1) is 9.45. The fourth-order valence-electron chi connectivity index (χ4n) is 1.12. The van der Waals surface area contributed by atoms with Gasteiger partial charge in [-0.2, -0.15) is 0 Å². The molecule has 0 bridgehead atoms. The molecule has 62 valence electrons. The van der Waals surface area contributed by atoms with Crippen molar-refractivity contribution in [1.29, 1.82) is 0 Å². The first-order chi connectivity index (χ1) is 5.79. The maximum Gasteiger partial charge on any atom is 0.211 e. The zero-order valence-corrected chi connectivity index (χ0v) is 9.15. The van der Waals surface area contributed by atoms with Crippen LogP contribution in [0, 0.1) is 0 Å². The minimum Gasteiger partial charge on any atom is -0.201 e. The molecule has 0 atom stereocenters. The van der Waals surface area contributed by atoms with Crippen LogP contribution in [0.5, 0.6) is 0 Å². The third kappa shape index (κ3) is 1.94. The highest BCUT2D eigenvalue weighted by atomic mass is 127. The van der Waals surface area contributed by atoms with Crippen molar-refractivity contribution < 1.29 is 4.57 Å². The van der Waals surface area contributed by atoms with Crippen LogP contribution in [0.25, 0.3) is 12.2 Å². The summed E-state index contributed by atoms with van der Waals surface area (Å²) < 4.78 is 4.05. The van der Waals surface area contributed by atoms with E-state index in [1.54, 1.807) is 0 Å². The fourth-order valence-corrected chi connectivity index (χ4v) is 1.50. The Balaban J connectivity index is 3.27. The maximum atomic E-state index is 3.78. The molecule has 1 aromatic rings. The third-order valence-electron chi connectivity index (χ3n) is 1.70. The lowest BCUT2D eigenvalue weighted by molar-refractivity contribution is -0.673. The quantitative estimate of drug-likeness (QED) is 0.575. The molecule has 0 unspecified atom stereocenters. The molecule has 0 radical (unpaired) electrons. The average Bonchev–Trinajstić information content (AvgIpc) is 2.05. The topological polar surface area (TPSA) is 3.88 Å². The van der Waals surface area contributed by atoms with Gasteiger partial charge in [0.25, 0.3) is 0 Å². The number of aryl methyl sites for hydroxylation is 1. The predicted molar refractivity (Wildman–Crippen MR) is 60.8 cm³/mol. The van der Waals surface area contributed by atoms with Crippen LogP contribution < -0.4 is 4.57 Å². The van der Waals surface area contributed by atoms with E-state index in [2.05, 4.69) is 45.9 Å². The lowest BCUT2D eigenvalue weighted by atomic mass is 10.2. The molecule has 0 aliphatic rings. The normalized spacial score (nSPS) is 10.5. The first-order valence-electron chi connectivity index (χ1n) is 3.67. The van der Waals surface area contributed by atoms with Gasteiger partial charge in [-0.25, -0.2) is 4.57 Å². The van der Waals surface area contributed by atoms with Crippen molar-refractivity contribution in [2.75, 3.05) is 0 Å². The van der Waals surface area contributed by atoms with Crippen LogP contribution in [0.2, 0.25) is 0 Å². The Morgan fingerprint density at radius 1 is 1.58 bits per heavy atom. The molecule has 0 N–H and O–H groups in total. The molecule has 1 aromatic heterocycles. The van der Waals surface area contributed by atoms with Gasteiger partial charge in [0.05, 0.1) is 0 Å². The van der Waals surface area contributed by atoms with Crippen molar-refractivity contribution in [3.05, 3.63) is 40.2 Å². The van der Waals surface area contributed by atoms with E-state index in [4.69, 9.17) is 0 Å². The Labute approximate surface area is 86.6 Å². The largest absolute Gasteiger partial charge is 0.211 e. The molecular weight excluding hydrogens is 261 g/mol. The molecule has 0 amide bonds. The molecule has 0 aliphatic heterocycles. The minimum atomic E-state index is 1.14. The van der Waals surface area contributed by atoms with Crippen LogP contribution in [0.15, 0.2) is 29.0 Å². The summed E-state index contributed by atoms with van der Waals surface area (Å²) in [7, 11) is 2.02. The Morgan fingerprint density at radius 2 is 2.33 bits per heavy atom. The van der Waals surface area contributed by atoms with Crippen LogP contribution in [0.1, 0.15) is 11.3 Å². The summed E-state index contributed by atoms with van der Waals surface area (Å²) in [5.74, 6) is 0. The number of hydrogen-bond acceptors (Lipinski definition) is 0. The lowest BCUT2D eigenvalue weighted by Crippen LogP contribution is -2.31. The van der Waals surface area contributed by atoms with E-state index >= 15 is 0 Å². The summed E-state index contributed by atoms with van der Waals surface area (Å²) in [4.78, 5) is 0. The van der Waals surface area contributed by atoms with Gasteiger partial charge in [0.1, 0.15) is 7.05 Å². The summed E-state index contributed by atoms with van der Waals surface area (Å²) in [6.45, 7) is 3.78. The number of hydrogen-bond donors (Lipinski definition) is 0. The van der Waals surface area contributed by atoms with Gasteiger partial charge in [-0.15, -0.1) is 0 Å². The lowest BCUT2D eigenvalue weighted by Gasteiger charge is -1.97. The van der Waals surface area contributed by atoms with Crippen LogP contribution in [-0.4, -0.2) is 0 Å². The van der Waals surface area contributed by atoms with E-state index in [0.29, 0.717) is 0 Å². The van der Waals surface area contributed by atoms with Gasteiger partial charge >= 0.3 is 0 Å². The van der Waals surface area contributed by atoms with Crippen LogP contribution in [-0.2, 0) is 7.05 Å². The Hall–Kier alpha value is -0.640. The van der Waals surface area contributed by atoms with E-state index < -0.39 is 0 Å². The van der Waals surface area contributed by atoms with Crippen molar-refractivity contribution in [3.63, 3.8) is 0 Å². The van der Waals surface area contributed by atoms with Crippen LogP contribution in [0.4, 0.5) is 0 Å². The van der Waals surface area contributed by atoms with Crippen molar-refractivity contribution in [3.8, 4) is 0 Å². The summed E-state index contributed by atoms with van der Waals surface area (Å²) in [6.07, 6.45) is 5.95. The van der Waals surface area contributed by atoms with Gasteiger partial charge in [-0.05, 0) is 16.2 Å². The van der Waals surface area contributed by atoms with E-state index in [9.17, 15) is 0 Å². The standard InChI is InChI=1S/C10H11IN/c1-3-10-9(6-7-11)5-4-8-12(10)2/h3-8H,1H2,2H3/q+1. The van der Waals surface area contributed by atoms with Crippen molar-refractivity contribution in [1.82, 2.24) is 0 Å². The molecule has 0 aromatic carbocycles. The molecule has 2 heteroatoms. The molecule has 0 aliphatic carbocycles. The highest BCUT2D eigenvalue weighted by molar-refractivity contribution is 14.1. The van der Waals surface area contributed by atoms with Gasteiger partial charge in [-0.3, -0.25) is 0 Å². The summed E-state index contributed by atoms with van der Waals surface area (Å²) in [6, 6.07) is 4.10. The molecule has 0 saturated heterocycles. The van der Waals surface area contributed by atoms with E-state index in [1.807, 2.05) is 29.5 Å². The Bertz CT molecular complexity index is 316. The minimum absolute atomic E-state index is 1.14. The van der Waals surface area contributed by atoms with Crippen LogP contribution >= 0.6 is 22.6 Å². The number of pyridine rings is 1. The van der Waals surface area contributed by atoms with Gasteiger partial charge in [0, 0.05) is 17.7 Å². The summed E-state index contributed by atoms with van der Waals surface area (Å²) in [5, 5.41) is 0. The zero-order chi connectivity index (χ0) is 8.97. The zero-order valence-electron chi connectivity index (χ0n) is 7.00. The fraction of sp³-hybridized carbons (Fsp3) is 0.100. The molecule has 1 nitrogen and oxygen atoms in total. The predicted octanol–water partition coefficient (Wildman–Crippen LogP) is 2.56. The second-order valence-electron chi connectivity index (χ2n) is 2.46. The molecule has 0 fully saturated rings. The molecule has 1 rings (SSSR count). The highest BCUT2D eigenvalue weighted by Gasteiger charge is 2.04. The van der Waals surface area contributed by atoms with Gasteiger partial charge in [-0.1, -0.05) is 29.2 Å². The van der Waals surface area contributed by atoms with Gasteiger partial charge in [0.2, 0.25) is 5.69 Å². The third-order valence-corrected chi connectivity index (χ3v) is 2.06. The highest BCUT2D eigenvalue weighted by Crippen LogP contribution is 2.08. The summed E-state index contributed by atoms with van der Waals surface area (Å²) in [5.41, 5.74) is 2.34.